The van der Waals surface area contributed by atoms with E-state index in [0.717, 1.165) is 0 Å². The number of esters is 1. The average molecular weight is 250 g/mol. The minimum atomic E-state index is -1.04. The Balaban J connectivity index is 3.13. The monoisotopic (exact) mass is 250 g/mol. The molecule has 18 heavy (non-hydrogen) atoms. The van der Waals surface area contributed by atoms with Gasteiger partial charge in [0.1, 0.15) is 11.7 Å². The summed E-state index contributed by atoms with van der Waals surface area (Å²) in [5.74, 6) is -2.90. The van der Waals surface area contributed by atoms with Crippen molar-refractivity contribution in [1.82, 2.24) is 0 Å². The molecular formula is C14H15FO3. The highest BCUT2D eigenvalue weighted by Crippen LogP contribution is 2.23. The molecule has 0 aliphatic rings. The first-order valence-corrected chi connectivity index (χ1v) is 5.50. The molecule has 0 aromatic heterocycles. The van der Waals surface area contributed by atoms with Gasteiger partial charge >= 0.3 is 5.97 Å². The number of allylic oxidation sites excluding steroid dienone is 1. The van der Waals surface area contributed by atoms with Crippen molar-refractivity contribution in [3.8, 4) is 0 Å². The van der Waals surface area contributed by atoms with Gasteiger partial charge in [-0.2, -0.15) is 0 Å². The molecule has 0 N–H and O–H groups in total. The molecule has 0 radical (unpaired) electrons. The van der Waals surface area contributed by atoms with E-state index in [9.17, 15) is 14.0 Å². The van der Waals surface area contributed by atoms with Crippen LogP contribution in [0.5, 0.6) is 0 Å². The Morgan fingerprint density at radius 2 is 1.89 bits per heavy atom. The zero-order chi connectivity index (χ0) is 13.7. The molecule has 1 aromatic carbocycles. The van der Waals surface area contributed by atoms with E-state index in [-0.39, 0.29) is 5.78 Å². The lowest BCUT2D eigenvalue weighted by atomic mass is 9.88. The van der Waals surface area contributed by atoms with Crippen LogP contribution >= 0.6 is 0 Å². The zero-order valence-corrected chi connectivity index (χ0v) is 10.4. The van der Waals surface area contributed by atoms with Crippen LogP contribution < -0.4 is 0 Å². The van der Waals surface area contributed by atoms with Crippen LogP contribution in [0.3, 0.4) is 0 Å². The van der Waals surface area contributed by atoms with E-state index in [1.807, 2.05) is 0 Å². The first-order chi connectivity index (χ1) is 8.51. The molecule has 0 saturated heterocycles. The maximum Gasteiger partial charge on any atom is 0.320 e. The molecule has 0 fully saturated rings. The maximum atomic E-state index is 12.8. The third kappa shape index (κ3) is 3.03. The second-order valence-corrected chi connectivity index (χ2v) is 3.93. The third-order valence-corrected chi connectivity index (χ3v) is 2.73. The number of ether oxygens (including phenoxy) is 1. The van der Waals surface area contributed by atoms with Crippen molar-refractivity contribution >= 4 is 11.8 Å². The van der Waals surface area contributed by atoms with E-state index < -0.39 is 23.6 Å². The van der Waals surface area contributed by atoms with Crippen LogP contribution in [0.2, 0.25) is 0 Å². The lowest BCUT2D eigenvalue weighted by molar-refractivity contribution is -0.146. The fraction of sp³-hybridized carbons (Fsp3) is 0.286. The van der Waals surface area contributed by atoms with E-state index in [4.69, 9.17) is 0 Å². The van der Waals surface area contributed by atoms with Gasteiger partial charge in [0.2, 0.25) is 0 Å². The largest absolute Gasteiger partial charge is 0.468 e. The standard InChI is InChI=1S/C14H15FO3/c1-4-9(2)13(16)12(14(17)18-3)10-5-7-11(15)8-6-10/h4-9,12H,1H2,2-3H3. The summed E-state index contributed by atoms with van der Waals surface area (Å²) in [6.45, 7) is 5.17. The van der Waals surface area contributed by atoms with Gasteiger partial charge in [0.05, 0.1) is 7.11 Å². The number of hydrogen-bond donors (Lipinski definition) is 0. The van der Waals surface area contributed by atoms with Crippen molar-refractivity contribution in [2.45, 2.75) is 12.8 Å². The number of Topliss-reactive ketones (excluding diaryl/α,β-unsaturated/α-hetero) is 1. The Morgan fingerprint density at radius 3 is 2.33 bits per heavy atom. The van der Waals surface area contributed by atoms with Crippen molar-refractivity contribution in [2.75, 3.05) is 7.11 Å². The molecule has 1 aromatic rings. The Morgan fingerprint density at radius 1 is 1.33 bits per heavy atom. The van der Waals surface area contributed by atoms with Crippen LogP contribution in [-0.4, -0.2) is 18.9 Å². The predicted molar refractivity (Wildman–Crippen MR) is 65.5 cm³/mol. The molecular weight excluding hydrogens is 235 g/mol. The molecule has 1 rings (SSSR count). The van der Waals surface area contributed by atoms with Gasteiger partial charge in [0, 0.05) is 5.92 Å². The van der Waals surface area contributed by atoms with E-state index in [1.165, 1.54) is 37.5 Å². The summed E-state index contributed by atoms with van der Waals surface area (Å²) in [4.78, 5) is 23.8. The van der Waals surface area contributed by atoms with E-state index >= 15 is 0 Å². The number of rotatable bonds is 5. The van der Waals surface area contributed by atoms with Crippen LogP contribution in [0.1, 0.15) is 18.4 Å². The Bertz CT molecular complexity index is 451. The van der Waals surface area contributed by atoms with E-state index in [0.29, 0.717) is 5.56 Å². The Kier molecular flexibility index (Phi) is 4.77. The molecule has 0 amide bonds. The summed E-state index contributed by atoms with van der Waals surface area (Å²) in [6.07, 6.45) is 1.46. The van der Waals surface area contributed by atoms with Gasteiger partial charge in [0.15, 0.2) is 5.78 Å². The number of ketones is 1. The van der Waals surface area contributed by atoms with Crippen molar-refractivity contribution in [3.05, 3.63) is 48.3 Å². The van der Waals surface area contributed by atoms with Crippen LogP contribution in [0.4, 0.5) is 4.39 Å². The lowest BCUT2D eigenvalue weighted by Crippen LogP contribution is -2.27. The summed E-state index contributed by atoms with van der Waals surface area (Å²) in [5, 5.41) is 0. The molecule has 2 atom stereocenters. The molecule has 0 spiro atoms. The highest BCUT2D eigenvalue weighted by Gasteiger charge is 2.31. The van der Waals surface area contributed by atoms with Crippen LogP contribution in [0.25, 0.3) is 0 Å². The molecule has 0 heterocycles. The summed E-state index contributed by atoms with van der Waals surface area (Å²) < 4.78 is 17.5. The van der Waals surface area contributed by atoms with Crippen LogP contribution in [0.15, 0.2) is 36.9 Å². The number of carbonyl (C=O) groups is 2. The number of benzene rings is 1. The quantitative estimate of drug-likeness (QED) is 0.458. The van der Waals surface area contributed by atoms with Gasteiger partial charge in [-0.25, -0.2) is 4.39 Å². The fourth-order valence-corrected chi connectivity index (χ4v) is 1.57. The Labute approximate surface area is 105 Å². The molecule has 0 saturated carbocycles. The number of carbonyl (C=O) groups excluding carboxylic acids is 2. The fourth-order valence-electron chi connectivity index (χ4n) is 1.57. The number of methoxy groups -OCH3 is 1. The molecule has 96 valence electrons. The van der Waals surface area contributed by atoms with Gasteiger partial charge < -0.3 is 4.74 Å². The maximum absolute atomic E-state index is 12.8. The second-order valence-electron chi connectivity index (χ2n) is 3.93. The Hall–Kier alpha value is -1.97. The molecule has 3 nitrogen and oxygen atoms in total. The smallest absolute Gasteiger partial charge is 0.320 e. The minimum absolute atomic E-state index is 0.316. The van der Waals surface area contributed by atoms with Crippen LogP contribution in [0, 0.1) is 11.7 Å². The van der Waals surface area contributed by atoms with Gasteiger partial charge in [0.25, 0.3) is 0 Å². The first kappa shape index (κ1) is 14.1. The summed E-state index contributed by atoms with van der Waals surface area (Å²) in [7, 11) is 1.21. The minimum Gasteiger partial charge on any atom is -0.468 e. The second kappa shape index (κ2) is 6.10. The highest BCUT2D eigenvalue weighted by atomic mass is 19.1. The summed E-state index contributed by atoms with van der Waals surface area (Å²) in [6, 6.07) is 5.23. The molecule has 0 aliphatic heterocycles. The molecule has 4 heteroatoms. The van der Waals surface area contributed by atoms with Crippen molar-refractivity contribution in [1.29, 1.82) is 0 Å². The van der Waals surface area contributed by atoms with E-state index in [1.54, 1.807) is 6.92 Å². The van der Waals surface area contributed by atoms with Gasteiger partial charge in [-0.15, -0.1) is 6.58 Å². The molecule has 0 aliphatic carbocycles. The topological polar surface area (TPSA) is 43.4 Å². The van der Waals surface area contributed by atoms with Crippen molar-refractivity contribution in [2.24, 2.45) is 5.92 Å². The summed E-state index contributed by atoms with van der Waals surface area (Å²) >= 11 is 0. The third-order valence-electron chi connectivity index (χ3n) is 2.73. The van der Waals surface area contributed by atoms with Crippen molar-refractivity contribution in [3.63, 3.8) is 0 Å². The zero-order valence-electron chi connectivity index (χ0n) is 10.4. The average Bonchev–Trinajstić information content (AvgIpc) is 2.39. The highest BCUT2D eigenvalue weighted by molar-refractivity contribution is 6.05. The SMILES string of the molecule is C=CC(C)C(=O)C(C(=O)OC)c1ccc(F)cc1. The summed E-state index contributed by atoms with van der Waals surface area (Å²) in [5.41, 5.74) is 0.418. The van der Waals surface area contributed by atoms with Gasteiger partial charge in [-0.1, -0.05) is 25.1 Å². The molecule has 0 bridgehead atoms. The van der Waals surface area contributed by atoms with E-state index in [2.05, 4.69) is 11.3 Å². The van der Waals surface area contributed by atoms with Crippen LogP contribution in [-0.2, 0) is 14.3 Å². The normalized spacial score (nSPS) is 13.5. The first-order valence-electron chi connectivity index (χ1n) is 5.50. The van der Waals surface area contributed by atoms with Gasteiger partial charge in [-0.3, -0.25) is 9.59 Å². The predicted octanol–water partition coefficient (Wildman–Crippen LogP) is 2.47. The van der Waals surface area contributed by atoms with Crippen molar-refractivity contribution < 1.29 is 18.7 Å². The lowest BCUT2D eigenvalue weighted by Gasteiger charge is -2.16. The molecule has 2 unspecified atom stereocenters. The van der Waals surface area contributed by atoms with Gasteiger partial charge in [-0.05, 0) is 17.7 Å². The number of halogens is 1. The number of hydrogen-bond acceptors (Lipinski definition) is 3.